The Morgan fingerprint density at radius 1 is 1.47 bits per heavy atom. The van der Waals surface area contributed by atoms with Gasteiger partial charge in [-0.1, -0.05) is 19.1 Å². The van der Waals surface area contributed by atoms with Crippen molar-refractivity contribution < 1.29 is 9.53 Å². The second-order valence-electron chi connectivity index (χ2n) is 3.81. The van der Waals surface area contributed by atoms with E-state index < -0.39 is 6.04 Å². The molecule has 0 saturated heterocycles. The van der Waals surface area contributed by atoms with Crippen LogP contribution >= 0.6 is 0 Å². The molecule has 0 aliphatic heterocycles. The van der Waals surface area contributed by atoms with Gasteiger partial charge in [0.25, 0.3) is 0 Å². The molecule has 4 nitrogen and oxygen atoms in total. The Kier molecular flexibility index (Phi) is 5.49. The van der Waals surface area contributed by atoms with Crippen LogP contribution in [0.3, 0.4) is 0 Å². The fourth-order valence-electron chi connectivity index (χ4n) is 1.42. The number of nitrogens with one attached hydrogen (secondary N) is 1. The van der Waals surface area contributed by atoms with Gasteiger partial charge < -0.3 is 15.8 Å². The summed E-state index contributed by atoms with van der Waals surface area (Å²) in [6.07, 6.45) is 0.644. The van der Waals surface area contributed by atoms with Gasteiger partial charge in [-0.25, -0.2) is 0 Å². The molecule has 1 aromatic rings. The second-order valence-corrected chi connectivity index (χ2v) is 3.81. The molecule has 0 radical (unpaired) electrons. The molecule has 0 heterocycles. The number of hydrogen-bond acceptors (Lipinski definition) is 3. The smallest absolute Gasteiger partial charge is 0.237 e. The first kappa shape index (κ1) is 13.5. The lowest BCUT2D eigenvalue weighted by Gasteiger charge is -2.10. The van der Waals surface area contributed by atoms with Gasteiger partial charge >= 0.3 is 0 Å². The van der Waals surface area contributed by atoms with E-state index in [1.165, 1.54) is 0 Å². The minimum absolute atomic E-state index is 0.116. The highest BCUT2D eigenvalue weighted by Gasteiger charge is 2.09. The van der Waals surface area contributed by atoms with Crippen molar-refractivity contribution in [3.63, 3.8) is 0 Å². The topological polar surface area (TPSA) is 64.3 Å². The van der Waals surface area contributed by atoms with Crippen LogP contribution in [-0.4, -0.2) is 18.6 Å². The average molecular weight is 236 g/mol. The number of carbonyl (C=O) groups is 1. The van der Waals surface area contributed by atoms with Gasteiger partial charge in [0.1, 0.15) is 5.75 Å². The SMILES string of the molecule is CCOc1cccc(CNC(=O)[C@@H](N)CC)c1. The van der Waals surface area contributed by atoms with Gasteiger partial charge in [0.05, 0.1) is 12.6 Å². The first-order valence-corrected chi connectivity index (χ1v) is 5.92. The van der Waals surface area contributed by atoms with E-state index in [2.05, 4.69) is 5.32 Å². The summed E-state index contributed by atoms with van der Waals surface area (Å²) >= 11 is 0. The first-order valence-electron chi connectivity index (χ1n) is 5.92. The highest BCUT2D eigenvalue weighted by atomic mass is 16.5. The highest BCUT2D eigenvalue weighted by molar-refractivity contribution is 5.81. The van der Waals surface area contributed by atoms with Crippen LogP contribution in [0.2, 0.25) is 0 Å². The molecule has 0 spiro atoms. The molecule has 0 fully saturated rings. The monoisotopic (exact) mass is 236 g/mol. The fourth-order valence-corrected chi connectivity index (χ4v) is 1.42. The normalized spacial score (nSPS) is 11.9. The van der Waals surface area contributed by atoms with Gasteiger partial charge in [-0.15, -0.1) is 0 Å². The van der Waals surface area contributed by atoms with Gasteiger partial charge in [0, 0.05) is 6.54 Å². The predicted octanol–water partition coefficient (Wildman–Crippen LogP) is 1.44. The maximum Gasteiger partial charge on any atom is 0.237 e. The summed E-state index contributed by atoms with van der Waals surface area (Å²) in [5.74, 6) is 0.702. The maximum absolute atomic E-state index is 11.5. The highest BCUT2D eigenvalue weighted by Crippen LogP contribution is 2.12. The molecular formula is C13H20N2O2. The maximum atomic E-state index is 11.5. The molecule has 0 unspecified atom stereocenters. The van der Waals surface area contributed by atoms with Gasteiger partial charge in [-0.3, -0.25) is 4.79 Å². The molecule has 4 heteroatoms. The van der Waals surface area contributed by atoms with E-state index in [4.69, 9.17) is 10.5 Å². The third-order valence-electron chi connectivity index (χ3n) is 2.45. The Bertz CT molecular complexity index is 366. The standard InChI is InChI=1S/C13H20N2O2/c1-3-12(14)13(16)15-9-10-6-5-7-11(8-10)17-4-2/h5-8,12H,3-4,9,14H2,1-2H3,(H,15,16)/t12-/m0/s1. The van der Waals surface area contributed by atoms with Crippen molar-refractivity contribution in [3.05, 3.63) is 29.8 Å². The Morgan fingerprint density at radius 2 is 2.24 bits per heavy atom. The third-order valence-corrected chi connectivity index (χ3v) is 2.45. The van der Waals surface area contributed by atoms with Gasteiger partial charge in [-0.05, 0) is 31.0 Å². The largest absolute Gasteiger partial charge is 0.494 e. The molecule has 0 saturated carbocycles. The Hall–Kier alpha value is -1.55. The van der Waals surface area contributed by atoms with Crippen LogP contribution in [0.1, 0.15) is 25.8 Å². The number of nitrogens with two attached hydrogens (primary N) is 1. The van der Waals surface area contributed by atoms with Crippen molar-refractivity contribution in [2.75, 3.05) is 6.61 Å². The minimum atomic E-state index is -0.426. The third kappa shape index (κ3) is 4.44. The summed E-state index contributed by atoms with van der Waals surface area (Å²) in [5, 5.41) is 2.80. The first-order chi connectivity index (χ1) is 8.17. The van der Waals surface area contributed by atoms with E-state index in [9.17, 15) is 4.79 Å². The lowest BCUT2D eigenvalue weighted by Crippen LogP contribution is -2.39. The lowest BCUT2D eigenvalue weighted by molar-refractivity contribution is -0.122. The van der Waals surface area contributed by atoms with Crippen molar-refractivity contribution in [1.29, 1.82) is 0 Å². The lowest BCUT2D eigenvalue weighted by atomic mass is 10.2. The quantitative estimate of drug-likeness (QED) is 0.785. The van der Waals surface area contributed by atoms with Crippen molar-refractivity contribution in [3.8, 4) is 5.75 Å². The molecule has 0 aliphatic carbocycles. The Balaban J connectivity index is 2.51. The van der Waals surface area contributed by atoms with Crippen molar-refractivity contribution >= 4 is 5.91 Å². The molecule has 0 aliphatic rings. The van der Waals surface area contributed by atoms with Crippen molar-refractivity contribution in [2.45, 2.75) is 32.9 Å². The zero-order valence-corrected chi connectivity index (χ0v) is 10.4. The molecule has 1 amide bonds. The van der Waals surface area contributed by atoms with E-state index in [0.29, 0.717) is 19.6 Å². The van der Waals surface area contributed by atoms with E-state index in [0.717, 1.165) is 11.3 Å². The summed E-state index contributed by atoms with van der Waals surface area (Å²) in [6, 6.07) is 7.24. The van der Waals surface area contributed by atoms with Crippen LogP contribution in [0.4, 0.5) is 0 Å². The summed E-state index contributed by atoms with van der Waals surface area (Å²) in [5.41, 5.74) is 6.63. The van der Waals surface area contributed by atoms with Gasteiger partial charge in [-0.2, -0.15) is 0 Å². The van der Waals surface area contributed by atoms with E-state index >= 15 is 0 Å². The number of amides is 1. The zero-order chi connectivity index (χ0) is 12.7. The van der Waals surface area contributed by atoms with Crippen molar-refractivity contribution in [1.82, 2.24) is 5.32 Å². The molecule has 17 heavy (non-hydrogen) atoms. The number of benzene rings is 1. The van der Waals surface area contributed by atoms with Crippen molar-refractivity contribution in [2.24, 2.45) is 5.73 Å². The molecule has 3 N–H and O–H groups in total. The summed E-state index contributed by atoms with van der Waals surface area (Å²) in [7, 11) is 0. The fraction of sp³-hybridized carbons (Fsp3) is 0.462. The molecule has 0 aromatic heterocycles. The summed E-state index contributed by atoms with van der Waals surface area (Å²) < 4.78 is 5.38. The van der Waals surface area contributed by atoms with E-state index in [1.807, 2.05) is 38.1 Å². The Morgan fingerprint density at radius 3 is 2.88 bits per heavy atom. The minimum Gasteiger partial charge on any atom is -0.494 e. The summed E-state index contributed by atoms with van der Waals surface area (Å²) in [6.45, 7) is 4.94. The Labute approximate surface area is 102 Å². The van der Waals surface area contributed by atoms with Crippen LogP contribution in [-0.2, 0) is 11.3 Å². The van der Waals surface area contributed by atoms with Crippen LogP contribution < -0.4 is 15.8 Å². The van der Waals surface area contributed by atoms with Gasteiger partial charge in [0.2, 0.25) is 5.91 Å². The molecule has 94 valence electrons. The molecule has 0 bridgehead atoms. The van der Waals surface area contributed by atoms with Crippen LogP contribution in [0.5, 0.6) is 5.75 Å². The van der Waals surface area contributed by atoms with Crippen LogP contribution in [0.15, 0.2) is 24.3 Å². The summed E-state index contributed by atoms with van der Waals surface area (Å²) in [4.78, 5) is 11.5. The number of ether oxygens (including phenoxy) is 1. The van der Waals surface area contributed by atoms with Crippen LogP contribution in [0.25, 0.3) is 0 Å². The molecule has 1 atom stereocenters. The number of carbonyl (C=O) groups excluding carboxylic acids is 1. The average Bonchev–Trinajstić information content (AvgIpc) is 2.36. The predicted molar refractivity (Wildman–Crippen MR) is 67.7 cm³/mol. The molecular weight excluding hydrogens is 216 g/mol. The van der Waals surface area contributed by atoms with Crippen LogP contribution in [0, 0.1) is 0 Å². The zero-order valence-electron chi connectivity index (χ0n) is 10.4. The number of hydrogen-bond donors (Lipinski definition) is 2. The second kappa shape index (κ2) is 6.91. The number of rotatable bonds is 6. The van der Waals surface area contributed by atoms with E-state index in [1.54, 1.807) is 0 Å². The molecule has 1 rings (SSSR count). The molecule has 1 aromatic carbocycles. The van der Waals surface area contributed by atoms with E-state index in [-0.39, 0.29) is 5.91 Å². The van der Waals surface area contributed by atoms with Gasteiger partial charge in [0.15, 0.2) is 0 Å².